The summed E-state index contributed by atoms with van der Waals surface area (Å²) in [6.45, 7) is 1.32. The third-order valence-corrected chi connectivity index (χ3v) is 2.87. The molecule has 2 aromatic rings. The molecule has 1 aromatic heterocycles. The van der Waals surface area contributed by atoms with Gasteiger partial charge in [0.2, 0.25) is 0 Å². The first-order valence-electron chi connectivity index (χ1n) is 5.28. The molecule has 0 saturated carbocycles. The maximum Gasteiger partial charge on any atom is 0.124 e. The average Bonchev–Trinajstić information content (AvgIpc) is 2.65. The molecule has 0 aliphatic rings. The second-order valence-electron chi connectivity index (χ2n) is 3.78. The summed E-state index contributed by atoms with van der Waals surface area (Å²) in [5.74, 6) is 0.706. The van der Waals surface area contributed by atoms with Crippen molar-refractivity contribution in [3.8, 4) is 0 Å². The maximum absolute atomic E-state index is 13.2. The summed E-state index contributed by atoms with van der Waals surface area (Å²) >= 11 is 3.29. The zero-order valence-corrected chi connectivity index (χ0v) is 11.0. The van der Waals surface area contributed by atoms with Gasteiger partial charge in [0.25, 0.3) is 0 Å². The SMILES string of the molecule is CNCc1nccn1Cc1cc(F)cc(Br)c1. The summed E-state index contributed by atoms with van der Waals surface area (Å²) in [7, 11) is 1.87. The van der Waals surface area contributed by atoms with Gasteiger partial charge in [0.1, 0.15) is 11.6 Å². The highest BCUT2D eigenvalue weighted by atomic mass is 79.9. The summed E-state index contributed by atoms with van der Waals surface area (Å²) in [5, 5.41) is 3.05. The van der Waals surface area contributed by atoms with Crippen molar-refractivity contribution in [3.63, 3.8) is 0 Å². The second-order valence-corrected chi connectivity index (χ2v) is 4.70. The number of rotatable bonds is 4. The van der Waals surface area contributed by atoms with Crippen LogP contribution in [0.3, 0.4) is 0 Å². The molecule has 90 valence electrons. The number of hydrogen-bond acceptors (Lipinski definition) is 2. The summed E-state index contributed by atoms with van der Waals surface area (Å²) in [5.41, 5.74) is 0.909. The molecule has 0 amide bonds. The molecule has 2 rings (SSSR count). The Morgan fingerprint density at radius 3 is 2.94 bits per heavy atom. The van der Waals surface area contributed by atoms with Crippen LogP contribution in [0.2, 0.25) is 0 Å². The van der Waals surface area contributed by atoms with Gasteiger partial charge in [0.05, 0.1) is 6.54 Å². The Hall–Kier alpha value is -1.20. The van der Waals surface area contributed by atoms with Crippen molar-refractivity contribution in [3.05, 3.63) is 52.3 Å². The van der Waals surface area contributed by atoms with E-state index in [9.17, 15) is 4.39 Å². The monoisotopic (exact) mass is 297 g/mol. The summed E-state index contributed by atoms with van der Waals surface area (Å²) in [4.78, 5) is 4.24. The summed E-state index contributed by atoms with van der Waals surface area (Å²) < 4.78 is 16.0. The minimum absolute atomic E-state index is 0.232. The van der Waals surface area contributed by atoms with Crippen molar-refractivity contribution < 1.29 is 4.39 Å². The van der Waals surface area contributed by atoms with Crippen molar-refractivity contribution in [1.82, 2.24) is 14.9 Å². The van der Waals surface area contributed by atoms with E-state index in [0.29, 0.717) is 13.1 Å². The van der Waals surface area contributed by atoms with Crippen molar-refractivity contribution >= 4 is 15.9 Å². The predicted molar refractivity (Wildman–Crippen MR) is 68.2 cm³/mol. The Kier molecular flexibility index (Phi) is 3.91. The van der Waals surface area contributed by atoms with Crippen LogP contribution in [0, 0.1) is 5.82 Å². The molecular weight excluding hydrogens is 285 g/mol. The van der Waals surface area contributed by atoms with E-state index in [4.69, 9.17) is 0 Å². The van der Waals surface area contributed by atoms with E-state index in [1.54, 1.807) is 6.20 Å². The van der Waals surface area contributed by atoms with Crippen molar-refractivity contribution in [2.24, 2.45) is 0 Å². The van der Waals surface area contributed by atoms with Crippen LogP contribution >= 0.6 is 15.9 Å². The molecule has 17 heavy (non-hydrogen) atoms. The highest BCUT2D eigenvalue weighted by molar-refractivity contribution is 9.10. The molecule has 1 N–H and O–H groups in total. The molecule has 1 heterocycles. The number of imidazole rings is 1. The first-order valence-corrected chi connectivity index (χ1v) is 6.08. The highest BCUT2D eigenvalue weighted by Crippen LogP contribution is 2.16. The third kappa shape index (κ3) is 3.14. The lowest BCUT2D eigenvalue weighted by molar-refractivity contribution is 0.619. The molecular formula is C12H13BrFN3. The minimum Gasteiger partial charge on any atom is -0.329 e. The fourth-order valence-corrected chi connectivity index (χ4v) is 2.22. The van der Waals surface area contributed by atoms with Crippen LogP contribution in [-0.2, 0) is 13.1 Å². The summed E-state index contributed by atoms with van der Waals surface area (Å²) in [6.07, 6.45) is 3.65. The van der Waals surface area contributed by atoms with Gasteiger partial charge in [-0.1, -0.05) is 15.9 Å². The first-order chi connectivity index (χ1) is 8.19. The van der Waals surface area contributed by atoms with Crippen molar-refractivity contribution in [1.29, 1.82) is 0 Å². The quantitative estimate of drug-likeness (QED) is 0.940. The normalized spacial score (nSPS) is 10.8. The maximum atomic E-state index is 13.2. The van der Waals surface area contributed by atoms with Crippen LogP contribution in [0.5, 0.6) is 0 Å². The van der Waals surface area contributed by atoms with E-state index < -0.39 is 0 Å². The number of nitrogens with one attached hydrogen (secondary N) is 1. The zero-order chi connectivity index (χ0) is 12.3. The number of nitrogens with zero attached hydrogens (tertiary/aromatic N) is 2. The lowest BCUT2D eigenvalue weighted by atomic mass is 10.2. The van der Waals surface area contributed by atoms with Gasteiger partial charge >= 0.3 is 0 Å². The molecule has 0 aliphatic carbocycles. The Morgan fingerprint density at radius 2 is 2.24 bits per heavy atom. The molecule has 0 atom stereocenters. The van der Waals surface area contributed by atoms with Gasteiger partial charge in [0.15, 0.2) is 0 Å². The van der Waals surface area contributed by atoms with Gasteiger partial charge in [-0.15, -0.1) is 0 Å². The molecule has 0 bridgehead atoms. The van der Waals surface area contributed by atoms with Gasteiger partial charge in [-0.05, 0) is 30.8 Å². The number of hydrogen-bond donors (Lipinski definition) is 1. The van der Waals surface area contributed by atoms with Gasteiger partial charge in [-0.3, -0.25) is 0 Å². The van der Waals surface area contributed by atoms with Gasteiger partial charge in [0, 0.05) is 23.4 Å². The van der Waals surface area contributed by atoms with E-state index in [1.807, 2.05) is 23.9 Å². The highest BCUT2D eigenvalue weighted by Gasteiger charge is 2.04. The van der Waals surface area contributed by atoms with E-state index >= 15 is 0 Å². The zero-order valence-electron chi connectivity index (χ0n) is 9.45. The molecule has 0 unspecified atom stereocenters. The van der Waals surface area contributed by atoms with Crippen molar-refractivity contribution in [2.45, 2.75) is 13.1 Å². The van der Waals surface area contributed by atoms with Gasteiger partial charge in [-0.25, -0.2) is 9.37 Å². The Morgan fingerprint density at radius 1 is 1.41 bits per heavy atom. The lowest BCUT2D eigenvalue weighted by Crippen LogP contribution is -2.12. The van der Waals surface area contributed by atoms with Crippen LogP contribution in [0.25, 0.3) is 0 Å². The Labute approximate surface area is 108 Å². The topological polar surface area (TPSA) is 29.9 Å². The molecule has 0 saturated heterocycles. The van der Waals surface area contributed by atoms with Gasteiger partial charge < -0.3 is 9.88 Å². The lowest BCUT2D eigenvalue weighted by Gasteiger charge is -2.08. The predicted octanol–water partition coefficient (Wildman–Crippen LogP) is 2.55. The van der Waals surface area contributed by atoms with E-state index in [-0.39, 0.29) is 5.82 Å². The molecule has 5 heteroatoms. The molecule has 1 aromatic carbocycles. The average molecular weight is 298 g/mol. The van der Waals surface area contributed by atoms with Gasteiger partial charge in [-0.2, -0.15) is 0 Å². The van der Waals surface area contributed by atoms with E-state index in [1.165, 1.54) is 12.1 Å². The van der Waals surface area contributed by atoms with Crippen molar-refractivity contribution in [2.75, 3.05) is 7.05 Å². The molecule has 3 nitrogen and oxygen atoms in total. The standard InChI is InChI=1S/C12H13BrFN3/c1-15-7-12-16-2-3-17(12)8-9-4-10(13)6-11(14)5-9/h2-6,15H,7-8H2,1H3. The molecule has 0 fully saturated rings. The van der Waals surface area contributed by atoms with Crippen LogP contribution in [0.4, 0.5) is 4.39 Å². The number of aromatic nitrogens is 2. The van der Waals surface area contributed by atoms with Crippen LogP contribution < -0.4 is 5.32 Å². The smallest absolute Gasteiger partial charge is 0.124 e. The molecule has 0 spiro atoms. The Bertz CT molecular complexity index is 490. The fraction of sp³-hybridized carbons (Fsp3) is 0.250. The molecule has 0 aliphatic heterocycles. The largest absolute Gasteiger partial charge is 0.329 e. The minimum atomic E-state index is -0.232. The van der Waals surface area contributed by atoms with Crippen LogP contribution in [0.1, 0.15) is 11.4 Å². The van der Waals surface area contributed by atoms with Crippen LogP contribution in [0.15, 0.2) is 35.1 Å². The second kappa shape index (κ2) is 5.42. The molecule has 0 radical (unpaired) electrons. The Balaban J connectivity index is 2.22. The number of halogens is 2. The van der Waals surface area contributed by atoms with E-state index in [2.05, 4.69) is 26.2 Å². The van der Waals surface area contributed by atoms with E-state index in [0.717, 1.165) is 15.9 Å². The first kappa shape index (κ1) is 12.3. The van der Waals surface area contributed by atoms with Crippen LogP contribution in [-0.4, -0.2) is 16.6 Å². The third-order valence-electron chi connectivity index (χ3n) is 2.41. The summed E-state index contributed by atoms with van der Waals surface area (Å²) in [6, 6.07) is 4.89. The number of benzene rings is 1. The fourth-order valence-electron chi connectivity index (χ4n) is 1.71.